The lowest BCUT2D eigenvalue weighted by Gasteiger charge is -2.34. The highest BCUT2D eigenvalue weighted by Crippen LogP contribution is 2.44. The predicted molar refractivity (Wildman–Crippen MR) is 121 cm³/mol. The van der Waals surface area contributed by atoms with Crippen molar-refractivity contribution < 1.29 is 29.0 Å². The number of hydrogen-bond acceptors (Lipinski definition) is 5. The zero-order valence-corrected chi connectivity index (χ0v) is 18.5. The number of fused-ring (bicyclic) bond motifs is 3. The second kappa shape index (κ2) is 10.0. The van der Waals surface area contributed by atoms with Crippen molar-refractivity contribution in [1.29, 1.82) is 0 Å². The van der Waals surface area contributed by atoms with Crippen molar-refractivity contribution in [3.63, 3.8) is 0 Å². The summed E-state index contributed by atoms with van der Waals surface area (Å²) in [7, 11) is 1.33. The average Bonchev–Trinajstić information content (AvgIpc) is 3.11. The van der Waals surface area contributed by atoms with E-state index in [0.29, 0.717) is 12.8 Å². The third kappa shape index (κ3) is 5.01. The Morgan fingerprint density at radius 3 is 2.21 bits per heavy atom. The number of carboxylic acids is 1. The van der Waals surface area contributed by atoms with Crippen molar-refractivity contribution in [2.24, 2.45) is 5.92 Å². The van der Waals surface area contributed by atoms with Crippen molar-refractivity contribution in [3.8, 4) is 11.1 Å². The van der Waals surface area contributed by atoms with Crippen molar-refractivity contribution in [3.05, 3.63) is 59.7 Å². The fourth-order valence-electron chi connectivity index (χ4n) is 4.57. The third-order valence-electron chi connectivity index (χ3n) is 6.44. The molecule has 0 saturated heterocycles. The van der Waals surface area contributed by atoms with Crippen LogP contribution in [0.4, 0.5) is 4.79 Å². The van der Waals surface area contributed by atoms with E-state index in [0.717, 1.165) is 11.1 Å². The molecule has 0 aromatic heterocycles. The number of hydrogen-bond donors (Lipinski definition) is 3. The lowest BCUT2D eigenvalue weighted by molar-refractivity contribution is -0.149. The number of carbonyl (C=O) groups is 3. The van der Waals surface area contributed by atoms with Crippen LogP contribution in [-0.2, 0) is 19.1 Å². The molecule has 0 radical (unpaired) electrons. The van der Waals surface area contributed by atoms with Gasteiger partial charge in [0.15, 0.2) is 6.10 Å². The Bertz CT molecular complexity index is 988. The lowest BCUT2D eigenvalue weighted by Crippen LogP contribution is -2.50. The smallest absolute Gasteiger partial charge is 0.407 e. The molecule has 8 nitrogen and oxygen atoms in total. The maximum absolute atomic E-state index is 12.3. The van der Waals surface area contributed by atoms with Crippen molar-refractivity contribution in [2.75, 3.05) is 20.3 Å². The number of rotatable bonds is 9. The van der Waals surface area contributed by atoms with E-state index < -0.39 is 18.2 Å². The van der Waals surface area contributed by atoms with E-state index in [1.807, 2.05) is 24.3 Å². The molecule has 0 bridgehead atoms. The minimum atomic E-state index is -1.05. The normalized spacial score (nSPS) is 19.5. The molecule has 3 N–H and O–H groups in total. The molecule has 174 valence electrons. The molecule has 0 spiro atoms. The van der Waals surface area contributed by atoms with Gasteiger partial charge in [-0.3, -0.25) is 4.79 Å². The van der Waals surface area contributed by atoms with Crippen LogP contribution in [0.25, 0.3) is 11.1 Å². The third-order valence-corrected chi connectivity index (χ3v) is 6.44. The molecule has 1 saturated carbocycles. The largest absolute Gasteiger partial charge is 0.479 e. The van der Waals surface area contributed by atoms with Crippen molar-refractivity contribution >= 4 is 18.0 Å². The van der Waals surface area contributed by atoms with E-state index in [1.54, 1.807) is 0 Å². The number of benzene rings is 2. The number of amides is 2. The molecule has 2 amide bonds. The average molecular weight is 453 g/mol. The van der Waals surface area contributed by atoms with Crippen LogP contribution >= 0.6 is 0 Å². The fourth-order valence-corrected chi connectivity index (χ4v) is 4.57. The van der Waals surface area contributed by atoms with Gasteiger partial charge in [-0.15, -0.1) is 0 Å². The summed E-state index contributed by atoms with van der Waals surface area (Å²) in [5, 5.41) is 14.5. The minimum Gasteiger partial charge on any atom is -0.479 e. The van der Waals surface area contributed by atoms with Gasteiger partial charge in [0.2, 0.25) is 5.91 Å². The van der Waals surface area contributed by atoms with Crippen LogP contribution in [0.15, 0.2) is 48.5 Å². The summed E-state index contributed by atoms with van der Waals surface area (Å²) in [6.45, 7) is 0.478. The van der Waals surface area contributed by atoms with E-state index in [4.69, 9.17) is 14.6 Å². The van der Waals surface area contributed by atoms with Crippen LogP contribution in [0.1, 0.15) is 36.3 Å². The molecular formula is C25H28N2O6. The molecule has 1 atom stereocenters. The van der Waals surface area contributed by atoms with Crippen LogP contribution in [0.5, 0.6) is 0 Å². The molecule has 2 aliphatic carbocycles. The van der Waals surface area contributed by atoms with E-state index in [-0.39, 0.29) is 43.4 Å². The zero-order chi connectivity index (χ0) is 23.4. The zero-order valence-electron chi connectivity index (χ0n) is 18.5. The molecule has 0 aliphatic heterocycles. The Morgan fingerprint density at radius 1 is 1.03 bits per heavy atom. The molecule has 4 rings (SSSR count). The van der Waals surface area contributed by atoms with Crippen LogP contribution in [-0.4, -0.2) is 55.5 Å². The molecule has 2 aliphatic rings. The number of nitrogens with one attached hydrogen (secondary N) is 2. The Hall–Kier alpha value is -3.39. The topological polar surface area (TPSA) is 114 Å². The van der Waals surface area contributed by atoms with Gasteiger partial charge in [-0.2, -0.15) is 0 Å². The first-order valence-electron chi connectivity index (χ1n) is 11.1. The van der Waals surface area contributed by atoms with Gasteiger partial charge >= 0.3 is 12.1 Å². The first kappa shape index (κ1) is 22.8. The summed E-state index contributed by atoms with van der Waals surface area (Å²) < 4.78 is 10.4. The van der Waals surface area contributed by atoms with Crippen LogP contribution < -0.4 is 10.6 Å². The van der Waals surface area contributed by atoms with Crippen LogP contribution in [0, 0.1) is 5.92 Å². The summed E-state index contributed by atoms with van der Waals surface area (Å²) in [5.41, 5.74) is 4.67. The number of aliphatic carboxylic acids is 1. The monoisotopic (exact) mass is 452 g/mol. The first-order chi connectivity index (χ1) is 16.0. The maximum Gasteiger partial charge on any atom is 0.407 e. The minimum absolute atomic E-state index is 0.00444. The van der Waals surface area contributed by atoms with E-state index in [2.05, 4.69) is 34.9 Å². The Balaban J connectivity index is 1.20. The van der Waals surface area contributed by atoms with E-state index in [9.17, 15) is 14.4 Å². The highest BCUT2D eigenvalue weighted by molar-refractivity contribution is 5.81. The van der Waals surface area contributed by atoms with E-state index in [1.165, 1.54) is 18.2 Å². The maximum atomic E-state index is 12.3. The second-order valence-electron chi connectivity index (χ2n) is 8.48. The standard InChI is InChI=1S/C25H28N2O6/c1-32-22(24(29)30)10-11-26-23(28)15-12-16(13-15)27-25(31)33-14-21-19-8-4-2-6-17(19)18-7-3-5-9-20(18)21/h2-9,15-16,21-22H,10-14H2,1H3,(H,26,28)(H,27,31)(H,29,30). The Morgan fingerprint density at radius 2 is 1.64 bits per heavy atom. The van der Waals surface area contributed by atoms with E-state index >= 15 is 0 Å². The molecule has 0 heterocycles. The summed E-state index contributed by atoms with van der Waals surface area (Å²) >= 11 is 0. The van der Waals surface area contributed by atoms with Gasteiger partial charge in [0.25, 0.3) is 0 Å². The summed E-state index contributed by atoms with van der Waals surface area (Å²) in [6.07, 6.45) is -0.156. The van der Waals surface area contributed by atoms with Gasteiger partial charge in [-0.1, -0.05) is 48.5 Å². The lowest BCUT2D eigenvalue weighted by atomic mass is 9.79. The first-order valence-corrected chi connectivity index (χ1v) is 11.1. The predicted octanol–water partition coefficient (Wildman–Crippen LogP) is 2.91. The molecule has 8 heteroatoms. The molecule has 2 aromatic rings. The van der Waals surface area contributed by atoms with Gasteiger partial charge in [0, 0.05) is 38.0 Å². The highest BCUT2D eigenvalue weighted by atomic mass is 16.5. The SMILES string of the molecule is COC(CCNC(=O)C1CC(NC(=O)OCC2c3ccccc3-c3ccccc32)C1)C(=O)O. The fraction of sp³-hybridized carbons (Fsp3) is 0.400. The Kier molecular flexibility index (Phi) is 6.93. The number of carboxylic acid groups (broad SMARTS) is 1. The van der Waals surface area contributed by atoms with Crippen LogP contribution in [0.3, 0.4) is 0 Å². The number of alkyl carbamates (subject to hydrolysis) is 1. The summed E-state index contributed by atoms with van der Waals surface area (Å²) in [4.78, 5) is 35.5. The van der Waals surface area contributed by atoms with Crippen molar-refractivity contribution in [1.82, 2.24) is 10.6 Å². The van der Waals surface area contributed by atoms with Crippen LogP contribution in [0.2, 0.25) is 0 Å². The molecule has 1 fully saturated rings. The van der Waals surface area contributed by atoms with Crippen molar-refractivity contribution in [2.45, 2.75) is 37.3 Å². The number of methoxy groups -OCH3 is 1. The van der Waals surface area contributed by atoms with Gasteiger partial charge in [-0.25, -0.2) is 9.59 Å². The quantitative estimate of drug-likeness (QED) is 0.539. The number of ether oxygens (including phenoxy) is 2. The summed E-state index contributed by atoms with van der Waals surface area (Å²) in [6, 6.07) is 16.2. The molecule has 1 unspecified atom stereocenters. The summed E-state index contributed by atoms with van der Waals surface area (Å²) in [5.74, 6) is -1.39. The molecule has 2 aromatic carbocycles. The Labute approximate surface area is 192 Å². The van der Waals surface area contributed by atoms with Gasteiger partial charge in [0.05, 0.1) is 0 Å². The number of carbonyl (C=O) groups excluding carboxylic acids is 2. The van der Waals surface area contributed by atoms with Gasteiger partial charge < -0.3 is 25.2 Å². The highest BCUT2D eigenvalue weighted by Gasteiger charge is 2.36. The molecule has 33 heavy (non-hydrogen) atoms. The second-order valence-corrected chi connectivity index (χ2v) is 8.48. The molecular weight excluding hydrogens is 424 g/mol. The van der Waals surface area contributed by atoms with Gasteiger partial charge in [-0.05, 0) is 35.1 Å². The van der Waals surface area contributed by atoms with Gasteiger partial charge in [0.1, 0.15) is 6.61 Å².